The number of aromatic nitrogens is 2. The average molecular weight is 294 g/mol. The van der Waals surface area contributed by atoms with Crippen molar-refractivity contribution in [3.8, 4) is 0 Å². The maximum absolute atomic E-state index is 12.0. The predicted octanol–water partition coefficient (Wildman–Crippen LogP) is 0.859. The van der Waals surface area contributed by atoms with Crippen LogP contribution in [0.5, 0.6) is 0 Å². The average Bonchev–Trinajstić information content (AvgIpc) is 2.91. The van der Waals surface area contributed by atoms with Crippen LogP contribution in [0, 0.1) is 0 Å². The van der Waals surface area contributed by atoms with E-state index in [4.69, 9.17) is 0 Å². The van der Waals surface area contributed by atoms with Gasteiger partial charge in [0.05, 0.1) is 22.8 Å². The van der Waals surface area contributed by atoms with Gasteiger partial charge in [-0.3, -0.25) is 0 Å². The van der Waals surface area contributed by atoms with Crippen molar-refractivity contribution in [3.63, 3.8) is 0 Å². The molecule has 1 saturated heterocycles. The van der Waals surface area contributed by atoms with E-state index >= 15 is 0 Å². The number of rotatable bonds is 3. The van der Waals surface area contributed by atoms with Crippen LogP contribution in [0.25, 0.3) is 11.0 Å². The van der Waals surface area contributed by atoms with Crippen LogP contribution >= 0.6 is 0 Å². The molecule has 2 heterocycles. The number of piperazine rings is 1. The van der Waals surface area contributed by atoms with Crippen molar-refractivity contribution in [1.29, 1.82) is 0 Å². The zero-order valence-corrected chi connectivity index (χ0v) is 12.2. The molecular weight excluding hydrogens is 276 g/mol. The SMILES string of the molecule is CCS(=O)(=O)N1CCNC(c2nc3ccccc3[nH]2)C1. The van der Waals surface area contributed by atoms with Gasteiger partial charge in [0.2, 0.25) is 10.0 Å². The van der Waals surface area contributed by atoms with Crippen molar-refractivity contribution in [2.75, 3.05) is 25.4 Å². The van der Waals surface area contributed by atoms with Crippen LogP contribution in [0.15, 0.2) is 24.3 Å². The number of nitrogens with one attached hydrogen (secondary N) is 2. The molecule has 1 atom stereocenters. The molecule has 0 radical (unpaired) electrons. The van der Waals surface area contributed by atoms with Gasteiger partial charge in [-0.1, -0.05) is 12.1 Å². The van der Waals surface area contributed by atoms with Gasteiger partial charge in [-0.05, 0) is 19.1 Å². The molecule has 0 amide bonds. The molecule has 108 valence electrons. The van der Waals surface area contributed by atoms with Gasteiger partial charge >= 0.3 is 0 Å². The number of fused-ring (bicyclic) bond motifs is 1. The number of aromatic amines is 1. The van der Waals surface area contributed by atoms with E-state index in [2.05, 4.69) is 15.3 Å². The Kier molecular flexibility index (Phi) is 3.49. The van der Waals surface area contributed by atoms with Crippen LogP contribution in [-0.2, 0) is 10.0 Å². The van der Waals surface area contributed by atoms with Crippen LogP contribution < -0.4 is 5.32 Å². The number of H-pyrrole nitrogens is 1. The van der Waals surface area contributed by atoms with Crippen LogP contribution in [-0.4, -0.2) is 48.1 Å². The largest absolute Gasteiger partial charge is 0.341 e. The Balaban J connectivity index is 1.86. The lowest BCUT2D eigenvalue weighted by Crippen LogP contribution is -2.48. The first-order chi connectivity index (χ1) is 9.60. The lowest BCUT2D eigenvalue weighted by molar-refractivity contribution is 0.296. The molecule has 1 aliphatic heterocycles. The Morgan fingerprint density at radius 2 is 2.20 bits per heavy atom. The van der Waals surface area contributed by atoms with Gasteiger partial charge in [-0.25, -0.2) is 13.4 Å². The van der Waals surface area contributed by atoms with E-state index in [1.54, 1.807) is 11.2 Å². The normalized spacial score (nSPS) is 21.4. The number of hydrogen-bond donors (Lipinski definition) is 2. The topological polar surface area (TPSA) is 78.1 Å². The molecule has 3 rings (SSSR count). The zero-order valence-electron chi connectivity index (χ0n) is 11.3. The second-order valence-electron chi connectivity index (χ2n) is 4.90. The highest BCUT2D eigenvalue weighted by Crippen LogP contribution is 2.20. The second kappa shape index (κ2) is 5.16. The highest BCUT2D eigenvalue weighted by molar-refractivity contribution is 7.89. The summed E-state index contributed by atoms with van der Waals surface area (Å²) >= 11 is 0. The highest BCUT2D eigenvalue weighted by atomic mass is 32.2. The molecule has 0 bridgehead atoms. The minimum atomic E-state index is -3.14. The molecule has 1 fully saturated rings. The summed E-state index contributed by atoms with van der Waals surface area (Å²) in [4.78, 5) is 7.80. The maximum atomic E-state index is 12.0. The quantitative estimate of drug-likeness (QED) is 0.880. The van der Waals surface area contributed by atoms with Crippen molar-refractivity contribution >= 4 is 21.1 Å². The minimum Gasteiger partial charge on any atom is -0.341 e. The fraction of sp³-hybridized carbons (Fsp3) is 0.462. The molecule has 0 saturated carbocycles. The van der Waals surface area contributed by atoms with Gasteiger partial charge in [0.1, 0.15) is 5.82 Å². The Morgan fingerprint density at radius 3 is 2.95 bits per heavy atom. The van der Waals surface area contributed by atoms with Crippen molar-refractivity contribution in [2.45, 2.75) is 13.0 Å². The number of benzene rings is 1. The molecule has 1 aromatic heterocycles. The Hall–Kier alpha value is -1.44. The van der Waals surface area contributed by atoms with E-state index in [1.165, 1.54) is 0 Å². The van der Waals surface area contributed by atoms with Crippen molar-refractivity contribution in [1.82, 2.24) is 19.6 Å². The molecule has 0 spiro atoms. The van der Waals surface area contributed by atoms with Gasteiger partial charge in [-0.15, -0.1) is 0 Å². The fourth-order valence-electron chi connectivity index (χ4n) is 2.48. The highest BCUT2D eigenvalue weighted by Gasteiger charge is 2.29. The van der Waals surface area contributed by atoms with Gasteiger partial charge in [0.25, 0.3) is 0 Å². The first kappa shape index (κ1) is 13.5. The van der Waals surface area contributed by atoms with E-state index < -0.39 is 10.0 Å². The van der Waals surface area contributed by atoms with E-state index in [-0.39, 0.29) is 11.8 Å². The molecule has 7 heteroatoms. The summed E-state index contributed by atoms with van der Waals surface area (Å²) in [6.07, 6.45) is 0. The lowest BCUT2D eigenvalue weighted by atomic mass is 10.2. The third-order valence-corrected chi connectivity index (χ3v) is 5.48. The van der Waals surface area contributed by atoms with Crippen molar-refractivity contribution < 1.29 is 8.42 Å². The first-order valence-corrected chi connectivity index (χ1v) is 8.37. The summed E-state index contributed by atoms with van der Waals surface area (Å²) < 4.78 is 25.5. The number of hydrogen-bond acceptors (Lipinski definition) is 4. The summed E-state index contributed by atoms with van der Waals surface area (Å²) in [5.74, 6) is 0.932. The number of nitrogens with zero attached hydrogens (tertiary/aromatic N) is 2. The van der Waals surface area contributed by atoms with E-state index in [1.807, 2.05) is 24.3 Å². The number of imidazole rings is 1. The summed E-state index contributed by atoms with van der Waals surface area (Å²) in [6, 6.07) is 7.72. The smallest absolute Gasteiger partial charge is 0.213 e. The molecule has 2 N–H and O–H groups in total. The lowest BCUT2D eigenvalue weighted by Gasteiger charge is -2.31. The first-order valence-electron chi connectivity index (χ1n) is 6.76. The predicted molar refractivity (Wildman–Crippen MR) is 77.9 cm³/mol. The van der Waals surface area contributed by atoms with Crippen LogP contribution in [0.1, 0.15) is 18.8 Å². The van der Waals surface area contributed by atoms with Gasteiger partial charge < -0.3 is 10.3 Å². The van der Waals surface area contributed by atoms with Crippen molar-refractivity contribution in [3.05, 3.63) is 30.1 Å². The van der Waals surface area contributed by atoms with Crippen molar-refractivity contribution in [2.24, 2.45) is 0 Å². The van der Waals surface area contributed by atoms with Crippen LogP contribution in [0.4, 0.5) is 0 Å². The minimum absolute atomic E-state index is 0.0857. The molecule has 1 aromatic carbocycles. The van der Waals surface area contributed by atoms with Gasteiger partial charge in [-0.2, -0.15) is 4.31 Å². The molecular formula is C13H18N4O2S. The van der Waals surface area contributed by atoms with Gasteiger partial charge in [0.15, 0.2) is 0 Å². The second-order valence-corrected chi connectivity index (χ2v) is 7.16. The molecule has 6 nitrogen and oxygen atoms in total. The summed E-state index contributed by atoms with van der Waals surface area (Å²) in [7, 11) is -3.14. The molecule has 2 aromatic rings. The molecule has 1 aliphatic rings. The Morgan fingerprint density at radius 1 is 1.40 bits per heavy atom. The monoisotopic (exact) mass is 294 g/mol. The summed E-state index contributed by atoms with van der Waals surface area (Å²) in [6.45, 7) is 3.26. The van der Waals surface area contributed by atoms with E-state index in [0.717, 1.165) is 16.9 Å². The van der Waals surface area contributed by atoms with Gasteiger partial charge in [0, 0.05) is 19.6 Å². The summed E-state index contributed by atoms with van der Waals surface area (Å²) in [5, 5.41) is 3.32. The molecule has 0 aliphatic carbocycles. The Bertz CT molecular complexity index is 677. The number of para-hydroxylation sites is 2. The molecule has 20 heavy (non-hydrogen) atoms. The van der Waals surface area contributed by atoms with Crippen LogP contribution in [0.3, 0.4) is 0 Å². The van der Waals surface area contributed by atoms with E-state index in [0.29, 0.717) is 19.6 Å². The Labute approximate surface area is 118 Å². The standard InChI is InChI=1S/C13H18N4O2S/c1-2-20(18,19)17-8-7-14-12(9-17)13-15-10-5-3-4-6-11(10)16-13/h3-6,12,14H,2,7-9H2,1H3,(H,15,16). The third kappa shape index (κ3) is 2.44. The maximum Gasteiger partial charge on any atom is 0.213 e. The third-order valence-electron chi connectivity index (χ3n) is 3.63. The molecule has 1 unspecified atom stereocenters. The van der Waals surface area contributed by atoms with Crippen LogP contribution in [0.2, 0.25) is 0 Å². The fourth-order valence-corrected chi connectivity index (χ4v) is 3.59. The van der Waals surface area contributed by atoms with E-state index in [9.17, 15) is 8.42 Å². The summed E-state index contributed by atoms with van der Waals surface area (Å²) in [5.41, 5.74) is 1.87. The number of sulfonamides is 1. The zero-order chi connectivity index (χ0) is 14.2.